The molecule has 1 amide bonds. The first kappa shape index (κ1) is 18.3. The Balaban J connectivity index is 1.68. The van der Waals surface area contributed by atoms with Crippen molar-refractivity contribution in [3.8, 4) is 5.69 Å². The van der Waals surface area contributed by atoms with Gasteiger partial charge in [-0.2, -0.15) is 0 Å². The smallest absolute Gasteiger partial charge is 0.258 e. The van der Waals surface area contributed by atoms with Crippen LogP contribution < -0.4 is 4.90 Å². The van der Waals surface area contributed by atoms with Crippen LogP contribution in [0.1, 0.15) is 27.9 Å². The van der Waals surface area contributed by atoms with Crippen molar-refractivity contribution in [2.45, 2.75) is 24.7 Å². The number of benzene rings is 2. The number of hydrogen-bond acceptors (Lipinski definition) is 6. The predicted octanol–water partition coefficient (Wildman–Crippen LogP) is 1.97. The van der Waals surface area contributed by atoms with Gasteiger partial charge in [0.05, 0.1) is 10.6 Å². The molecule has 144 valence electrons. The van der Waals surface area contributed by atoms with Crippen LogP contribution in [-0.4, -0.2) is 47.3 Å². The molecule has 4 rings (SSSR count). The van der Waals surface area contributed by atoms with E-state index in [1.54, 1.807) is 33.8 Å². The van der Waals surface area contributed by atoms with Crippen molar-refractivity contribution in [3.05, 3.63) is 59.4 Å². The van der Waals surface area contributed by atoms with Crippen LogP contribution in [0.3, 0.4) is 0 Å². The highest BCUT2D eigenvalue weighted by atomic mass is 32.2. The lowest BCUT2D eigenvalue weighted by Gasteiger charge is -2.30. The summed E-state index contributed by atoms with van der Waals surface area (Å²) in [6.45, 7) is 2.49. The van der Waals surface area contributed by atoms with Gasteiger partial charge in [0, 0.05) is 24.1 Å². The number of carbonyl (C=O) groups excluding carboxylic acids is 1. The highest BCUT2D eigenvalue weighted by Gasteiger charge is 2.25. The number of nitrogens with zero attached hydrogens (tertiary/aromatic N) is 5. The Labute approximate surface area is 162 Å². The third-order valence-electron chi connectivity index (χ3n) is 4.88. The van der Waals surface area contributed by atoms with E-state index in [4.69, 9.17) is 0 Å². The highest BCUT2D eigenvalue weighted by Crippen LogP contribution is 2.31. The van der Waals surface area contributed by atoms with Crippen LogP contribution in [0.25, 0.3) is 5.69 Å². The summed E-state index contributed by atoms with van der Waals surface area (Å²) in [4.78, 5) is 15.2. The van der Waals surface area contributed by atoms with Crippen molar-refractivity contribution in [1.82, 2.24) is 20.2 Å². The van der Waals surface area contributed by atoms with Gasteiger partial charge in [0.25, 0.3) is 5.91 Å². The van der Waals surface area contributed by atoms with Gasteiger partial charge >= 0.3 is 0 Å². The first-order valence-electron chi connectivity index (χ1n) is 8.83. The zero-order valence-electron chi connectivity index (χ0n) is 15.5. The monoisotopic (exact) mass is 397 g/mol. The molecule has 0 spiro atoms. The van der Waals surface area contributed by atoms with Crippen LogP contribution in [-0.2, 0) is 16.3 Å². The minimum Gasteiger partial charge on any atom is -0.308 e. The third kappa shape index (κ3) is 3.29. The molecule has 1 aliphatic rings. The number of carbonyl (C=O) groups is 1. The van der Waals surface area contributed by atoms with E-state index in [2.05, 4.69) is 15.5 Å². The standard InChI is InChI=1S/C19H19N5O3S/c1-13-10-15(5-7-17(13)24-12-20-21-22-24)19(25)23-9-3-4-14-11-16(28(2,26)27)6-8-18(14)23/h5-8,10-12H,3-4,9H2,1-2H3. The van der Waals surface area contributed by atoms with Crippen LogP contribution in [0.2, 0.25) is 0 Å². The molecule has 0 bridgehead atoms. The van der Waals surface area contributed by atoms with Crippen LogP contribution >= 0.6 is 0 Å². The first-order chi connectivity index (χ1) is 13.3. The Bertz CT molecular complexity index is 1160. The van der Waals surface area contributed by atoms with Crippen molar-refractivity contribution in [1.29, 1.82) is 0 Å². The normalized spacial score (nSPS) is 14.0. The SMILES string of the molecule is Cc1cc(C(=O)N2CCCc3cc(S(C)(=O)=O)ccc32)ccc1-n1cnnn1. The summed E-state index contributed by atoms with van der Waals surface area (Å²) >= 11 is 0. The summed E-state index contributed by atoms with van der Waals surface area (Å²) < 4.78 is 25.2. The molecule has 0 atom stereocenters. The summed E-state index contributed by atoms with van der Waals surface area (Å²) in [6, 6.07) is 10.4. The molecule has 8 nitrogen and oxygen atoms in total. The number of sulfone groups is 1. The van der Waals surface area contributed by atoms with Gasteiger partial charge in [-0.15, -0.1) is 5.10 Å². The van der Waals surface area contributed by atoms with Crippen molar-refractivity contribution < 1.29 is 13.2 Å². The van der Waals surface area contributed by atoms with Crippen LogP contribution in [0.4, 0.5) is 5.69 Å². The molecule has 0 aliphatic carbocycles. The van der Waals surface area contributed by atoms with E-state index in [-0.39, 0.29) is 10.8 Å². The number of anilines is 1. The largest absolute Gasteiger partial charge is 0.308 e. The number of aromatic nitrogens is 4. The summed E-state index contributed by atoms with van der Waals surface area (Å²) in [7, 11) is -3.28. The molecule has 1 aromatic heterocycles. The van der Waals surface area contributed by atoms with Crippen molar-refractivity contribution >= 4 is 21.4 Å². The van der Waals surface area contributed by atoms with E-state index in [0.29, 0.717) is 12.1 Å². The number of fused-ring (bicyclic) bond motifs is 1. The highest BCUT2D eigenvalue weighted by molar-refractivity contribution is 7.90. The Kier molecular flexibility index (Phi) is 4.46. The number of amides is 1. The summed E-state index contributed by atoms with van der Waals surface area (Å²) in [5.74, 6) is -0.112. The fourth-order valence-electron chi connectivity index (χ4n) is 3.49. The quantitative estimate of drug-likeness (QED) is 0.670. The van der Waals surface area contributed by atoms with Gasteiger partial charge in [-0.05, 0) is 77.7 Å². The molecular formula is C19H19N5O3S. The number of hydrogen-bond donors (Lipinski definition) is 0. The van der Waals surface area contributed by atoms with Crippen molar-refractivity contribution in [3.63, 3.8) is 0 Å². The molecule has 3 aromatic rings. The molecule has 2 aromatic carbocycles. The molecule has 0 fully saturated rings. The van der Waals surface area contributed by atoms with Gasteiger partial charge in [-0.25, -0.2) is 13.1 Å². The molecule has 28 heavy (non-hydrogen) atoms. The molecule has 0 saturated carbocycles. The number of tetrazole rings is 1. The number of rotatable bonds is 3. The van der Waals surface area contributed by atoms with Gasteiger partial charge < -0.3 is 4.90 Å². The molecular weight excluding hydrogens is 378 g/mol. The molecule has 0 N–H and O–H groups in total. The predicted molar refractivity (Wildman–Crippen MR) is 103 cm³/mol. The molecule has 9 heteroatoms. The van der Waals surface area contributed by atoms with Crippen molar-refractivity contribution in [2.75, 3.05) is 17.7 Å². The second-order valence-corrected chi connectivity index (χ2v) is 8.89. The third-order valence-corrected chi connectivity index (χ3v) is 5.99. The lowest BCUT2D eigenvalue weighted by Crippen LogP contribution is -2.35. The fourth-order valence-corrected chi connectivity index (χ4v) is 4.16. The van der Waals surface area contributed by atoms with Gasteiger partial charge in [0.1, 0.15) is 6.33 Å². The Morgan fingerprint density at radius 2 is 1.89 bits per heavy atom. The topological polar surface area (TPSA) is 98.1 Å². The average molecular weight is 397 g/mol. The number of aryl methyl sites for hydroxylation is 2. The molecule has 0 unspecified atom stereocenters. The zero-order chi connectivity index (χ0) is 19.9. The summed E-state index contributed by atoms with van der Waals surface area (Å²) in [6.07, 6.45) is 4.23. The Morgan fingerprint density at radius 1 is 1.11 bits per heavy atom. The molecule has 0 saturated heterocycles. The minimum absolute atomic E-state index is 0.112. The lowest BCUT2D eigenvalue weighted by atomic mass is 10.00. The van der Waals surface area contributed by atoms with E-state index in [1.165, 1.54) is 12.6 Å². The average Bonchev–Trinajstić information content (AvgIpc) is 3.20. The van der Waals surface area contributed by atoms with Gasteiger partial charge in [-0.1, -0.05) is 0 Å². The Morgan fingerprint density at radius 3 is 2.57 bits per heavy atom. The maximum Gasteiger partial charge on any atom is 0.258 e. The van der Waals surface area contributed by atoms with E-state index < -0.39 is 9.84 Å². The molecule has 1 aliphatic heterocycles. The fraction of sp³-hybridized carbons (Fsp3) is 0.263. The first-order valence-corrected chi connectivity index (χ1v) is 10.7. The van der Waals surface area contributed by atoms with E-state index >= 15 is 0 Å². The summed E-state index contributed by atoms with van der Waals surface area (Å²) in [5, 5.41) is 11.1. The van der Waals surface area contributed by atoms with Crippen LogP contribution in [0.15, 0.2) is 47.6 Å². The maximum absolute atomic E-state index is 13.2. The van der Waals surface area contributed by atoms with Gasteiger partial charge in [0.2, 0.25) is 0 Å². The van der Waals surface area contributed by atoms with E-state index in [9.17, 15) is 13.2 Å². The van der Waals surface area contributed by atoms with E-state index in [0.717, 1.165) is 35.3 Å². The zero-order valence-corrected chi connectivity index (χ0v) is 16.3. The minimum atomic E-state index is -3.28. The second-order valence-electron chi connectivity index (χ2n) is 6.88. The maximum atomic E-state index is 13.2. The van der Waals surface area contributed by atoms with Gasteiger partial charge in [0.15, 0.2) is 9.84 Å². The molecule has 0 radical (unpaired) electrons. The summed E-state index contributed by atoms with van der Waals surface area (Å²) in [5.41, 5.74) is 3.89. The van der Waals surface area contributed by atoms with Crippen LogP contribution in [0, 0.1) is 6.92 Å². The van der Waals surface area contributed by atoms with Gasteiger partial charge in [-0.3, -0.25) is 4.79 Å². The van der Waals surface area contributed by atoms with Crippen LogP contribution in [0.5, 0.6) is 0 Å². The molecule has 2 heterocycles. The van der Waals surface area contributed by atoms with E-state index in [1.807, 2.05) is 19.1 Å². The van der Waals surface area contributed by atoms with Crippen molar-refractivity contribution in [2.24, 2.45) is 0 Å². The lowest BCUT2D eigenvalue weighted by molar-refractivity contribution is 0.0985. The second kappa shape index (κ2) is 6.83. The Hall–Kier alpha value is -3.07.